The van der Waals surface area contributed by atoms with Gasteiger partial charge in [-0.1, -0.05) is 12.1 Å². The van der Waals surface area contributed by atoms with Crippen LogP contribution >= 0.6 is 0 Å². The fraction of sp³-hybridized carbons (Fsp3) is 0.364. The molecule has 0 unspecified atom stereocenters. The van der Waals surface area contributed by atoms with Crippen molar-refractivity contribution in [2.75, 3.05) is 13.1 Å². The maximum Gasteiger partial charge on any atom is 0.286 e. The first kappa shape index (κ1) is 10.7. The highest BCUT2D eigenvalue weighted by atomic mass is 32.2. The van der Waals surface area contributed by atoms with E-state index >= 15 is 0 Å². The summed E-state index contributed by atoms with van der Waals surface area (Å²) in [7, 11) is -3.55. The van der Waals surface area contributed by atoms with Crippen molar-refractivity contribution in [1.82, 2.24) is 5.32 Å². The van der Waals surface area contributed by atoms with Crippen molar-refractivity contribution in [2.24, 2.45) is 4.40 Å². The van der Waals surface area contributed by atoms with Crippen molar-refractivity contribution in [3.8, 4) is 0 Å². The van der Waals surface area contributed by atoms with Crippen molar-refractivity contribution >= 4 is 15.9 Å². The molecular weight excluding hydrogens is 240 g/mol. The second kappa shape index (κ2) is 3.82. The zero-order chi connectivity index (χ0) is 11.9. The molecule has 0 amide bonds. The maximum atomic E-state index is 11.8. The SMILES string of the molecule is O=S1(=O)N=C(O[C@@H]2CCNC2)c2ccccc21. The van der Waals surface area contributed by atoms with E-state index in [1.807, 2.05) is 0 Å². The summed E-state index contributed by atoms with van der Waals surface area (Å²) in [6.07, 6.45) is 0.886. The number of rotatable bonds is 1. The fourth-order valence-corrected chi connectivity index (χ4v) is 3.19. The van der Waals surface area contributed by atoms with Crippen LogP contribution in [-0.4, -0.2) is 33.5 Å². The Morgan fingerprint density at radius 1 is 1.35 bits per heavy atom. The van der Waals surface area contributed by atoms with Gasteiger partial charge in [0.2, 0.25) is 5.90 Å². The summed E-state index contributed by atoms with van der Waals surface area (Å²) < 4.78 is 32.8. The van der Waals surface area contributed by atoms with Crippen LogP contribution in [0.4, 0.5) is 0 Å². The average molecular weight is 252 g/mol. The van der Waals surface area contributed by atoms with Gasteiger partial charge in [-0.05, 0) is 25.1 Å². The topological polar surface area (TPSA) is 67.8 Å². The lowest BCUT2D eigenvalue weighted by molar-refractivity contribution is 0.211. The van der Waals surface area contributed by atoms with Gasteiger partial charge in [-0.25, -0.2) is 0 Å². The number of fused-ring (bicyclic) bond motifs is 1. The smallest absolute Gasteiger partial charge is 0.286 e. The van der Waals surface area contributed by atoms with Crippen LogP contribution in [0.3, 0.4) is 0 Å². The molecule has 0 aromatic heterocycles. The van der Waals surface area contributed by atoms with Gasteiger partial charge in [0.1, 0.15) is 11.0 Å². The Bertz CT molecular complexity index is 574. The van der Waals surface area contributed by atoms with E-state index < -0.39 is 10.0 Å². The Balaban J connectivity index is 1.96. The number of benzene rings is 1. The number of hydrogen-bond donors (Lipinski definition) is 1. The molecule has 2 heterocycles. The molecule has 0 radical (unpaired) electrons. The molecule has 1 fully saturated rings. The number of sulfonamides is 1. The van der Waals surface area contributed by atoms with Crippen LogP contribution in [-0.2, 0) is 14.8 Å². The van der Waals surface area contributed by atoms with Gasteiger partial charge in [0.25, 0.3) is 10.0 Å². The highest BCUT2D eigenvalue weighted by molar-refractivity contribution is 7.90. The molecule has 6 heteroatoms. The van der Waals surface area contributed by atoms with Crippen molar-refractivity contribution < 1.29 is 13.2 Å². The number of nitrogens with zero attached hydrogens (tertiary/aromatic N) is 1. The molecule has 3 rings (SSSR count). The summed E-state index contributed by atoms with van der Waals surface area (Å²) in [5, 5.41) is 3.16. The molecule has 2 aliphatic rings. The fourth-order valence-electron chi connectivity index (χ4n) is 2.05. The van der Waals surface area contributed by atoms with Crippen LogP contribution in [0.1, 0.15) is 12.0 Å². The van der Waals surface area contributed by atoms with Gasteiger partial charge < -0.3 is 10.1 Å². The van der Waals surface area contributed by atoms with Gasteiger partial charge in [-0.15, -0.1) is 4.40 Å². The monoisotopic (exact) mass is 252 g/mol. The van der Waals surface area contributed by atoms with Crippen molar-refractivity contribution in [2.45, 2.75) is 17.4 Å². The lowest BCUT2D eigenvalue weighted by Crippen LogP contribution is -2.20. The maximum absolute atomic E-state index is 11.8. The first-order valence-corrected chi connectivity index (χ1v) is 6.92. The Morgan fingerprint density at radius 2 is 2.18 bits per heavy atom. The van der Waals surface area contributed by atoms with Gasteiger partial charge in [0.05, 0.1) is 5.56 Å². The molecule has 1 saturated heterocycles. The van der Waals surface area contributed by atoms with Gasteiger partial charge >= 0.3 is 0 Å². The van der Waals surface area contributed by atoms with Crippen molar-refractivity contribution in [3.05, 3.63) is 29.8 Å². The van der Waals surface area contributed by atoms with Crippen molar-refractivity contribution in [3.63, 3.8) is 0 Å². The summed E-state index contributed by atoms with van der Waals surface area (Å²) in [4.78, 5) is 0.237. The van der Waals surface area contributed by atoms with Crippen LogP contribution < -0.4 is 5.32 Å². The van der Waals surface area contributed by atoms with E-state index in [2.05, 4.69) is 9.71 Å². The van der Waals surface area contributed by atoms with Gasteiger partial charge in [0, 0.05) is 6.54 Å². The minimum atomic E-state index is -3.55. The van der Waals surface area contributed by atoms with Crippen molar-refractivity contribution in [1.29, 1.82) is 0 Å². The number of nitrogens with one attached hydrogen (secondary N) is 1. The second-order valence-corrected chi connectivity index (χ2v) is 5.67. The van der Waals surface area contributed by atoms with Crippen LogP contribution in [0.5, 0.6) is 0 Å². The lowest BCUT2D eigenvalue weighted by Gasteiger charge is -2.11. The van der Waals surface area contributed by atoms with Gasteiger partial charge in [0.15, 0.2) is 0 Å². The molecule has 1 N–H and O–H groups in total. The second-order valence-electron chi connectivity index (χ2n) is 4.10. The Labute approximate surface area is 99.6 Å². The third kappa shape index (κ3) is 1.83. The van der Waals surface area contributed by atoms with Crippen LogP contribution in [0.25, 0.3) is 0 Å². The van der Waals surface area contributed by atoms with Gasteiger partial charge in [-0.3, -0.25) is 0 Å². The van der Waals surface area contributed by atoms with E-state index in [0.717, 1.165) is 19.5 Å². The third-order valence-electron chi connectivity index (χ3n) is 2.89. The Kier molecular flexibility index (Phi) is 2.41. The zero-order valence-electron chi connectivity index (χ0n) is 9.09. The summed E-state index contributed by atoms with van der Waals surface area (Å²) in [6, 6.07) is 6.75. The number of hydrogen-bond acceptors (Lipinski definition) is 4. The predicted octanol–water partition coefficient (Wildman–Crippen LogP) is 0.514. The molecule has 17 heavy (non-hydrogen) atoms. The normalized spacial score (nSPS) is 25.4. The minimum absolute atomic E-state index is 0.00936. The first-order valence-electron chi connectivity index (χ1n) is 5.48. The first-order chi connectivity index (χ1) is 8.17. The molecule has 0 aliphatic carbocycles. The molecule has 0 saturated carbocycles. The van der Waals surface area contributed by atoms with E-state index in [1.165, 1.54) is 0 Å². The summed E-state index contributed by atoms with van der Waals surface area (Å²) in [5.41, 5.74) is 0.569. The summed E-state index contributed by atoms with van der Waals surface area (Å²) in [5.74, 6) is 0.231. The number of ether oxygens (including phenoxy) is 1. The van der Waals surface area contributed by atoms with Crippen LogP contribution in [0.15, 0.2) is 33.6 Å². The summed E-state index contributed by atoms with van der Waals surface area (Å²) in [6.45, 7) is 1.63. The van der Waals surface area contributed by atoms with E-state index in [0.29, 0.717) is 5.56 Å². The van der Waals surface area contributed by atoms with Crippen LogP contribution in [0, 0.1) is 0 Å². The molecule has 0 bridgehead atoms. The Hall–Kier alpha value is -1.40. The standard InChI is InChI=1S/C11H12N2O3S/c14-17(15)10-4-2-1-3-9(10)11(13-17)16-8-5-6-12-7-8/h1-4,8,12H,5-7H2/t8-/m1/s1. The molecule has 1 aromatic carbocycles. The largest absolute Gasteiger partial charge is 0.472 e. The minimum Gasteiger partial charge on any atom is -0.472 e. The van der Waals surface area contributed by atoms with E-state index in [9.17, 15) is 8.42 Å². The molecular formula is C11H12N2O3S. The van der Waals surface area contributed by atoms with E-state index in [4.69, 9.17) is 4.74 Å². The van der Waals surface area contributed by atoms with E-state index in [-0.39, 0.29) is 16.9 Å². The molecule has 2 aliphatic heterocycles. The highest BCUT2D eigenvalue weighted by Gasteiger charge is 2.31. The molecule has 0 spiro atoms. The average Bonchev–Trinajstić information content (AvgIpc) is 2.88. The van der Waals surface area contributed by atoms with Crippen LogP contribution in [0.2, 0.25) is 0 Å². The highest BCUT2D eigenvalue weighted by Crippen LogP contribution is 2.27. The quantitative estimate of drug-likeness (QED) is 0.791. The summed E-state index contributed by atoms with van der Waals surface area (Å²) >= 11 is 0. The van der Waals surface area contributed by atoms with Gasteiger partial charge in [-0.2, -0.15) is 8.42 Å². The molecule has 90 valence electrons. The predicted molar refractivity (Wildman–Crippen MR) is 62.5 cm³/mol. The zero-order valence-corrected chi connectivity index (χ0v) is 9.90. The Morgan fingerprint density at radius 3 is 2.94 bits per heavy atom. The molecule has 5 nitrogen and oxygen atoms in total. The molecule has 1 aromatic rings. The third-order valence-corrected chi connectivity index (χ3v) is 4.21. The lowest BCUT2D eigenvalue weighted by atomic mass is 10.2. The van der Waals surface area contributed by atoms with E-state index in [1.54, 1.807) is 24.3 Å². The molecule has 1 atom stereocenters.